The Labute approximate surface area is 197 Å². The second-order valence-electron chi connectivity index (χ2n) is 9.90. The van der Waals surface area contributed by atoms with Gasteiger partial charge in [0.1, 0.15) is 0 Å². The Morgan fingerprint density at radius 2 is 1.50 bits per heavy atom. The van der Waals surface area contributed by atoms with Gasteiger partial charge in [0.25, 0.3) is 11.8 Å². The molecule has 0 bridgehead atoms. The number of benzene rings is 2. The molecule has 0 aromatic heterocycles. The number of hydrogen-bond acceptors (Lipinski definition) is 4. The molecule has 7 heteroatoms. The third-order valence-corrected chi connectivity index (χ3v) is 8.27. The Morgan fingerprint density at radius 1 is 0.882 bits per heavy atom. The lowest BCUT2D eigenvalue weighted by Gasteiger charge is -2.43. The average molecular weight is 459 g/mol. The standard InChI is InChI=1S/C27H26N2O5/c30-23(19-10-4-5-11-20(19)26(33)34)28-14-13-16-7-1-6-12-21(16)27(28)15-22(27)29-24(31)17-8-2-3-9-18(17)25(29)32/h1-3,6-9,12,19-20,22H,4-5,10-11,13-15H2,(H,33,34)/t19-,20+,22?,27?/m1/s1. The van der Waals surface area contributed by atoms with Crippen molar-refractivity contribution in [3.63, 3.8) is 0 Å². The van der Waals surface area contributed by atoms with Crippen molar-refractivity contribution in [2.45, 2.75) is 50.1 Å². The van der Waals surface area contributed by atoms with Crippen LogP contribution in [0.25, 0.3) is 0 Å². The summed E-state index contributed by atoms with van der Waals surface area (Å²) >= 11 is 0. The summed E-state index contributed by atoms with van der Waals surface area (Å²) < 4.78 is 0. The number of carbonyl (C=O) groups excluding carboxylic acids is 3. The van der Waals surface area contributed by atoms with Crippen molar-refractivity contribution in [1.82, 2.24) is 9.80 Å². The average Bonchev–Trinajstić information content (AvgIpc) is 3.52. The van der Waals surface area contributed by atoms with Gasteiger partial charge in [-0.2, -0.15) is 0 Å². The summed E-state index contributed by atoms with van der Waals surface area (Å²) in [7, 11) is 0. The summed E-state index contributed by atoms with van der Waals surface area (Å²) in [5, 5.41) is 9.79. The van der Waals surface area contributed by atoms with Crippen LogP contribution >= 0.6 is 0 Å². The van der Waals surface area contributed by atoms with Crippen molar-refractivity contribution in [3.05, 3.63) is 70.8 Å². The Kier molecular flexibility index (Phi) is 4.66. The first-order valence-corrected chi connectivity index (χ1v) is 12.0. The van der Waals surface area contributed by atoms with E-state index in [1.807, 2.05) is 29.2 Å². The first kappa shape index (κ1) is 21.1. The Bertz CT molecular complexity index is 1200. The molecule has 1 spiro atoms. The molecule has 0 saturated heterocycles. The van der Waals surface area contributed by atoms with Crippen LogP contribution in [0.15, 0.2) is 48.5 Å². The Morgan fingerprint density at radius 3 is 2.18 bits per heavy atom. The number of carbonyl (C=O) groups is 4. The molecule has 7 nitrogen and oxygen atoms in total. The minimum absolute atomic E-state index is 0.152. The summed E-state index contributed by atoms with van der Waals surface area (Å²) in [6, 6.07) is 14.3. The summed E-state index contributed by atoms with van der Waals surface area (Å²) in [5.41, 5.74) is 2.09. The zero-order valence-corrected chi connectivity index (χ0v) is 18.8. The van der Waals surface area contributed by atoms with Crippen LogP contribution in [0.2, 0.25) is 0 Å². The van der Waals surface area contributed by atoms with E-state index in [0.717, 1.165) is 24.0 Å². The predicted molar refractivity (Wildman–Crippen MR) is 122 cm³/mol. The summed E-state index contributed by atoms with van der Waals surface area (Å²) in [6.45, 7) is 0.457. The van der Waals surface area contributed by atoms with Gasteiger partial charge < -0.3 is 10.0 Å². The fourth-order valence-electron chi connectivity index (χ4n) is 6.58. The van der Waals surface area contributed by atoms with E-state index in [9.17, 15) is 24.3 Å². The Hall–Kier alpha value is -3.48. The maximum atomic E-state index is 13.9. The molecule has 174 valence electrons. The lowest BCUT2D eigenvalue weighted by atomic mass is 9.77. The molecule has 3 amide bonds. The molecule has 0 radical (unpaired) electrons. The van der Waals surface area contributed by atoms with Gasteiger partial charge in [0.15, 0.2) is 0 Å². The number of aliphatic carboxylic acids is 1. The lowest BCUT2D eigenvalue weighted by molar-refractivity contribution is -0.154. The molecule has 34 heavy (non-hydrogen) atoms. The van der Waals surface area contributed by atoms with Gasteiger partial charge in [-0.3, -0.25) is 24.1 Å². The highest BCUT2D eigenvalue weighted by Gasteiger charge is 2.68. The number of imide groups is 1. The maximum absolute atomic E-state index is 13.9. The van der Waals surface area contributed by atoms with Crippen molar-refractivity contribution in [1.29, 1.82) is 0 Å². The SMILES string of the molecule is O=C(O)[C@H]1CCCC[C@H]1C(=O)N1CCc2ccccc2C12CC2N1C(=O)c2ccccc2C1=O. The fraction of sp³-hybridized carbons (Fsp3) is 0.407. The van der Waals surface area contributed by atoms with Crippen LogP contribution in [0.3, 0.4) is 0 Å². The van der Waals surface area contributed by atoms with Crippen molar-refractivity contribution < 1.29 is 24.3 Å². The molecule has 2 fully saturated rings. The highest BCUT2D eigenvalue weighted by molar-refractivity contribution is 6.22. The van der Waals surface area contributed by atoms with Crippen LogP contribution in [0, 0.1) is 11.8 Å². The summed E-state index contributed by atoms with van der Waals surface area (Å²) in [4.78, 5) is 55.6. The number of rotatable bonds is 3. The zero-order valence-electron chi connectivity index (χ0n) is 18.8. The lowest BCUT2D eigenvalue weighted by Crippen LogP contribution is -2.53. The number of fused-ring (bicyclic) bond motifs is 3. The summed E-state index contributed by atoms with van der Waals surface area (Å²) in [5.74, 6) is -2.97. The van der Waals surface area contributed by atoms with Gasteiger partial charge in [0, 0.05) is 13.0 Å². The van der Waals surface area contributed by atoms with Gasteiger partial charge in [0.2, 0.25) is 5.91 Å². The van der Waals surface area contributed by atoms with Gasteiger partial charge in [-0.1, -0.05) is 49.2 Å². The van der Waals surface area contributed by atoms with E-state index in [2.05, 4.69) is 0 Å². The Balaban J connectivity index is 1.40. The monoisotopic (exact) mass is 458 g/mol. The van der Waals surface area contributed by atoms with Crippen molar-refractivity contribution in [2.75, 3.05) is 6.54 Å². The van der Waals surface area contributed by atoms with Crippen molar-refractivity contribution in [3.8, 4) is 0 Å². The van der Waals surface area contributed by atoms with Gasteiger partial charge in [-0.15, -0.1) is 0 Å². The van der Waals surface area contributed by atoms with E-state index >= 15 is 0 Å². The largest absolute Gasteiger partial charge is 0.481 e. The van der Waals surface area contributed by atoms with Crippen LogP contribution in [0.1, 0.15) is 63.9 Å². The van der Waals surface area contributed by atoms with Crippen LogP contribution in [-0.2, 0) is 21.5 Å². The highest BCUT2D eigenvalue weighted by atomic mass is 16.4. The fourth-order valence-corrected chi connectivity index (χ4v) is 6.58. The molecule has 1 N–H and O–H groups in total. The van der Waals surface area contributed by atoms with E-state index in [1.54, 1.807) is 24.3 Å². The number of carboxylic acids is 1. The van der Waals surface area contributed by atoms with Crippen LogP contribution in [-0.4, -0.2) is 51.2 Å². The van der Waals surface area contributed by atoms with Gasteiger partial charge in [0.05, 0.1) is 34.5 Å². The molecule has 2 saturated carbocycles. The minimum atomic E-state index is -0.919. The first-order chi connectivity index (χ1) is 16.4. The quantitative estimate of drug-likeness (QED) is 0.713. The molecule has 2 unspecified atom stereocenters. The third kappa shape index (κ3) is 2.82. The van der Waals surface area contributed by atoms with E-state index in [0.29, 0.717) is 43.4 Å². The number of hydrogen-bond donors (Lipinski definition) is 1. The van der Waals surface area contributed by atoms with Gasteiger partial charge >= 0.3 is 5.97 Å². The van der Waals surface area contributed by atoms with E-state index in [1.165, 1.54) is 4.90 Å². The molecule has 2 aromatic carbocycles. The molecule has 6 rings (SSSR count). The second kappa shape index (κ2) is 7.52. The van der Waals surface area contributed by atoms with Crippen LogP contribution in [0.4, 0.5) is 0 Å². The smallest absolute Gasteiger partial charge is 0.307 e. The number of amides is 3. The van der Waals surface area contributed by atoms with Gasteiger partial charge in [-0.05, 0) is 42.5 Å². The molecule has 2 heterocycles. The molecule has 4 atom stereocenters. The molecule has 4 aliphatic rings. The topological polar surface area (TPSA) is 95.0 Å². The molecule has 2 aliphatic heterocycles. The van der Waals surface area contributed by atoms with Crippen molar-refractivity contribution >= 4 is 23.7 Å². The van der Waals surface area contributed by atoms with E-state index in [4.69, 9.17) is 0 Å². The number of nitrogens with zero attached hydrogens (tertiary/aromatic N) is 2. The molecular formula is C27H26N2O5. The second-order valence-corrected chi connectivity index (χ2v) is 9.90. The molecule has 2 aromatic rings. The van der Waals surface area contributed by atoms with Crippen molar-refractivity contribution in [2.24, 2.45) is 11.8 Å². The summed E-state index contributed by atoms with van der Waals surface area (Å²) in [6.07, 6.45) is 3.85. The van der Waals surface area contributed by atoms with Gasteiger partial charge in [-0.25, -0.2) is 0 Å². The predicted octanol–water partition coefficient (Wildman–Crippen LogP) is 3.23. The molecule has 2 aliphatic carbocycles. The molecular weight excluding hydrogens is 432 g/mol. The maximum Gasteiger partial charge on any atom is 0.307 e. The van der Waals surface area contributed by atoms with E-state index in [-0.39, 0.29) is 17.7 Å². The third-order valence-electron chi connectivity index (χ3n) is 8.27. The van der Waals surface area contributed by atoms with Crippen LogP contribution in [0.5, 0.6) is 0 Å². The normalized spacial score (nSPS) is 29.7. The zero-order chi connectivity index (χ0) is 23.6. The number of carboxylic acid groups (broad SMARTS) is 1. The van der Waals surface area contributed by atoms with Crippen LogP contribution < -0.4 is 0 Å². The highest BCUT2D eigenvalue weighted by Crippen LogP contribution is 2.58. The van der Waals surface area contributed by atoms with E-state index < -0.39 is 29.4 Å². The minimum Gasteiger partial charge on any atom is -0.481 e. The first-order valence-electron chi connectivity index (χ1n) is 12.0.